The Hall–Kier alpha value is -1.64. The molecule has 2 nitrogen and oxygen atoms in total. The summed E-state index contributed by atoms with van der Waals surface area (Å²) in [6.07, 6.45) is 0.121. The number of benzene rings is 2. The fourth-order valence-electron chi connectivity index (χ4n) is 1.99. The molecular weight excluding hydrogens is 212 g/mol. The van der Waals surface area contributed by atoms with Crippen molar-refractivity contribution in [3.05, 3.63) is 77.9 Å². The number of ether oxygens (including phenoxy) is 1. The third-order valence-corrected chi connectivity index (χ3v) is 2.96. The first kappa shape index (κ1) is 10.5. The van der Waals surface area contributed by atoms with Gasteiger partial charge in [0, 0.05) is 0 Å². The van der Waals surface area contributed by atoms with Crippen LogP contribution < -0.4 is 0 Å². The SMILES string of the molecule is O[C](c1ccccc1)C1OC1c1ccccc1. The molecule has 0 spiro atoms. The van der Waals surface area contributed by atoms with E-state index in [4.69, 9.17) is 4.74 Å². The minimum Gasteiger partial charge on any atom is -0.379 e. The van der Waals surface area contributed by atoms with E-state index in [-0.39, 0.29) is 12.2 Å². The molecule has 1 aliphatic rings. The molecule has 0 aromatic heterocycles. The predicted octanol–water partition coefficient (Wildman–Crippen LogP) is 3.08. The topological polar surface area (TPSA) is 32.8 Å². The molecule has 85 valence electrons. The van der Waals surface area contributed by atoms with Crippen LogP contribution in [0.4, 0.5) is 0 Å². The Morgan fingerprint density at radius 3 is 2.12 bits per heavy atom. The van der Waals surface area contributed by atoms with Crippen molar-refractivity contribution in [2.75, 3.05) is 0 Å². The quantitative estimate of drug-likeness (QED) is 0.814. The Balaban J connectivity index is 1.73. The molecule has 0 amide bonds. The Morgan fingerprint density at radius 2 is 1.47 bits per heavy atom. The monoisotopic (exact) mass is 225 g/mol. The van der Waals surface area contributed by atoms with E-state index in [1.54, 1.807) is 0 Å². The van der Waals surface area contributed by atoms with Crippen molar-refractivity contribution in [3.8, 4) is 0 Å². The molecule has 0 saturated carbocycles. The third kappa shape index (κ3) is 2.09. The van der Waals surface area contributed by atoms with Crippen molar-refractivity contribution in [2.45, 2.75) is 12.2 Å². The Labute approximate surface area is 100 Å². The van der Waals surface area contributed by atoms with Gasteiger partial charge in [0.25, 0.3) is 0 Å². The first-order valence-corrected chi connectivity index (χ1v) is 5.68. The minimum absolute atomic E-state index is 0.00333. The summed E-state index contributed by atoms with van der Waals surface area (Å²) in [6, 6.07) is 19.5. The summed E-state index contributed by atoms with van der Waals surface area (Å²) in [6.45, 7) is 0. The zero-order valence-corrected chi connectivity index (χ0v) is 9.28. The Morgan fingerprint density at radius 1 is 0.882 bits per heavy atom. The van der Waals surface area contributed by atoms with E-state index in [2.05, 4.69) is 0 Å². The number of hydrogen-bond donors (Lipinski definition) is 1. The molecule has 2 unspecified atom stereocenters. The lowest BCUT2D eigenvalue weighted by Gasteiger charge is -2.05. The van der Waals surface area contributed by atoms with Crippen molar-refractivity contribution in [3.63, 3.8) is 0 Å². The molecule has 1 saturated heterocycles. The van der Waals surface area contributed by atoms with E-state index in [0.29, 0.717) is 6.10 Å². The van der Waals surface area contributed by atoms with Crippen LogP contribution in [0.25, 0.3) is 0 Å². The van der Waals surface area contributed by atoms with E-state index in [0.717, 1.165) is 11.1 Å². The number of rotatable bonds is 3. The smallest absolute Gasteiger partial charge is 0.154 e. The van der Waals surface area contributed by atoms with Gasteiger partial charge in [0.2, 0.25) is 0 Å². The molecule has 3 rings (SSSR count). The summed E-state index contributed by atoms with van der Waals surface area (Å²) in [5, 5.41) is 10.1. The highest BCUT2D eigenvalue weighted by Crippen LogP contribution is 2.45. The van der Waals surface area contributed by atoms with Gasteiger partial charge in [-0.25, -0.2) is 0 Å². The van der Waals surface area contributed by atoms with Gasteiger partial charge in [0.05, 0.1) is 0 Å². The molecule has 1 aliphatic heterocycles. The second-order valence-corrected chi connectivity index (χ2v) is 4.14. The van der Waals surface area contributed by atoms with Gasteiger partial charge in [0.15, 0.2) is 6.10 Å². The van der Waals surface area contributed by atoms with Gasteiger partial charge in [-0.05, 0) is 11.1 Å². The van der Waals surface area contributed by atoms with Crippen LogP contribution in [-0.4, -0.2) is 11.2 Å². The van der Waals surface area contributed by atoms with Crippen LogP contribution >= 0.6 is 0 Å². The standard InChI is InChI=1S/C15H13O2/c16-13(11-7-3-1-4-8-11)15-14(17-15)12-9-5-2-6-10-12/h1-10,14-16H. The van der Waals surface area contributed by atoms with E-state index in [1.807, 2.05) is 60.7 Å². The maximum Gasteiger partial charge on any atom is 0.154 e. The largest absolute Gasteiger partial charge is 0.379 e. The Bertz CT molecular complexity index is 481. The summed E-state index contributed by atoms with van der Waals surface area (Å²) in [5.41, 5.74) is 1.94. The third-order valence-electron chi connectivity index (χ3n) is 2.96. The van der Waals surface area contributed by atoms with Gasteiger partial charge in [-0.2, -0.15) is 0 Å². The molecule has 2 aromatic carbocycles. The van der Waals surface area contributed by atoms with Crippen LogP contribution in [0.3, 0.4) is 0 Å². The molecule has 2 aromatic rings. The molecule has 1 heterocycles. The average Bonchev–Trinajstić information content (AvgIpc) is 3.20. The summed E-state index contributed by atoms with van der Waals surface area (Å²) >= 11 is 0. The van der Waals surface area contributed by atoms with Gasteiger partial charge in [-0.3, -0.25) is 0 Å². The van der Waals surface area contributed by atoms with Crippen molar-refractivity contribution < 1.29 is 9.84 Å². The molecule has 2 heteroatoms. The van der Waals surface area contributed by atoms with Crippen LogP contribution in [0.1, 0.15) is 17.2 Å². The van der Waals surface area contributed by atoms with Crippen molar-refractivity contribution in [1.82, 2.24) is 0 Å². The van der Waals surface area contributed by atoms with Crippen molar-refractivity contribution >= 4 is 0 Å². The highest BCUT2D eigenvalue weighted by Gasteiger charge is 2.46. The van der Waals surface area contributed by atoms with E-state index >= 15 is 0 Å². The van der Waals surface area contributed by atoms with Gasteiger partial charge >= 0.3 is 0 Å². The fraction of sp³-hybridized carbons (Fsp3) is 0.133. The summed E-state index contributed by atoms with van der Waals surface area (Å²) in [4.78, 5) is 0. The number of hydrogen-bond acceptors (Lipinski definition) is 2. The first-order chi connectivity index (χ1) is 8.36. The molecule has 0 bridgehead atoms. The van der Waals surface area contributed by atoms with Crippen LogP contribution in [0, 0.1) is 6.10 Å². The minimum atomic E-state index is -0.195. The van der Waals surface area contributed by atoms with Gasteiger partial charge in [-0.15, -0.1) is 0 Å². The van der Waals surface area contributed by atoms with Crippen LogP contribution in [0.2, 0.25) is 0 Å². The Kier molecular flexibility index (Phi) is 2.67. The van der Waals surface area contributed by atoms with Crippen LogP contribution in [0.15, 0.2) is 60.7 Å². The van der Waals surface area contributed by atoms with E-state index < -0.39 is 0 Å². The maximum absolute atomic E-state index is 10.1. The molecule has 1 N–H and O–H groups in total. The predicted molar refractivity (Wildman–Crippen MR) is 64.8 cm³/mol. The van der Waals surface area contributed by atoms with Crippen molar-refractivity contribution in [1.29, 1.82) is 0 Å². The normalized spacial score (nSPS) is 22.7. The molecular formula is C15H13O2. The summed E-state index contributed by atoms with van der Waals surface area (Å²) in [5.74, 6) is 0. The second kappa shape index (κ2) is 4.32. The molecule has 1 radical (unpaired) electrons. The lowest BCUT2D eigenvalue weighted by Crippen LogP contribution is -2.06. The first-order valence-electron chi connectivity index (χ1n) is 5.68. The lowest BCUT2D eigenvalue weighted by atomic mass is 10.0. The zero-order valence-electron chi connectivity index (χ0n) is 9.28. The average molecular weight is 225 g/mol. The van der Waals surface area contributed by atoms with Crippen molar-refractivity contribution in [2.24, 2.45) is 0 Å². The lowest BCUT2D eigenvalue weighted by molar-refractivity contribution is 0.263. The summed E-state index contributed by atoms with van der Waals surface area (Å²) in [7, 11) is 0. The maximum atomic E-state index is 10.1. The second-order valence-electron chi connectivity index (χ2n) is 4.14. The zero-order chi connectivity index (χ0) is 11.7. The number of aliphatic hydroxyl groups excluding tert-OH is 1. The number of epoxide rings is 1. The molecule has 1 fully saturated rings. The molecule has 0 aliphatic carbocycles. The van der Waals surface area contributed by atoms with Crippen LogP contribution in [-0.2, 0) is 4.74 Å². The summed E-state index contributed by atoms with van der Waals surface area (Å²) < 4.78 is 5.53. The molecule has 17 heavy (non-hydrogen) atoms. The van der Waals surface area contributed by atoms with Gasteiger partial charge in [-0.1, -0.05) is 60.7 Å². The highest BCUT2D eigenvalue weighted by atomic mass is 16.6. The van der Waals surface area contributed by atoms with E-state index in [9.17, 15) is 5.11 Å². The highest BCUT2D eigenvalue weighted by molar-refractivity contribution is 5.34. The van der Waals surface area contributed by atoms with Gasteiger partial charge in [0.1, 0.15) is 12.2 Å². The van der Waals surface area contributed by atoms with E-state index in [1.165, 1.54) is 0 Å². The number of aliphatic hydroxyl groups is 1. The van der Waals surface area contributed by atoms with Gasteiger partial charge < -0.3 is 9.84 Å². The fourth-order valence-corrected chi connectivity index (χ4v) is 1.99. The molecule has 2 atom stereocenters. The van der Waals surface area contributed by atoms with Crippen LogP contribution in [0.5, 0.6) is 0 Å².